The SMILES string of the molecule is COc1cc2c(cc1OC)C(c1cccc([N+](=O)[O-])c1)OC1=C2C(=O)c2ccccc21. The van der Waals surface area contributed by atoms with Gasteiger partial charge in [0.15, 0.2) is 17.3 Å². The van der Waals surface area contributed by atoms with Crippen molar-refractivity contribution in [1.82, 2.24) is 0 Å². The van der Waals surface area contributed by atoms with Gasteiger partial charge in [0.25, 0.3) is 5.69 Å². The molecule has 1 unspecified atom stereocenters. The van der Waals surface area contributed by atoms with Gasteiger partial charge in [0.05, 0.1) is 24.7 Å². The average molecular weight is 415 g/mol. The van der Waals surface area contributed by atoms with Gasteiger partial charge in [-0.1, -0.05) is 36.4 Å². The lowest BCUT2D eigenvalue weighted by Crippen LogP contribution is -2.15. The van der Waals surface area contributed by atoms with Crippen LogP contribution in [-0.4, -0.2) is 24.9 Å². The number of ketones is 1. The van der Waals surface area contributed by atoms with E-state index in [-0.39, 0.29) is 11.5 Å². The summed E-state index contributed by atoms with van der Waals surface area (Å²) < 4.78 is 17.3. The van der Waals surface area contributed by atoms with Crippen molar-refractivity contribution in [3.8, 4) is 11.5 Å². The van der Waals surface area contributed by atoms with E-state index in [0.717, 1.165) is 0 Å². The predicted octanol–water partition coefficient (Wildman–Crippen LogP) is 4.80. The van der Waals surface area contributed by atoms with E-state index in [2.05, 4.69) is 0 Å². The molecule has 5 rings (SSSR count). The smallest absolute Gasteiger partial charge is 0.269 e. The quantitative estimate of drug-likeness (QED) is 0.449. The number of rotatable bonds is 4. The van der Waals surface area contributed by atoms with Gasteiger partial charge in [0.2, 0.25) is 0 Å². The lowest BCUT2D eigenvalue weighted by molar-refractivity contribution is -0.385. The van der Waals surface area contributed by atoms with Crippen LogP contribution >= 0.6 is 0 Å². The second-order valence-corrected chi connectivity index (χ2v) is 7.22. The molecule has 7 heteroatoms. The Kier molecular flexibility index (Phi) is 4.25. The van der Waals surface area contributed by atoms with E-state index < -0.39 is 11.0 Å². The van der Waals surface area contributed by atoms with Crippen LogP contribution in [0.4, 0.5) is 5.69 Å². The molecule has 0 saturated heterocycles. The summed E-state index contributed by atoms with van der Waals surface area (Å²) in [5.74, 6) is 1.30. The highest BCUT2D eigenvalue weighted by Crippen LogP contribution is 2.51. The third-order valence-corrected chi connectivity index (χ3v) is 5.60. The number of nitrogens with zero attached hydrogens (tertiary/aromatic N) is 1. The first-order valence-electron chi connectivity index (χ1n) is 9.59. The molecule has 0 radical (unpaired) electrons. The zero-order valence-corrected chi connectivity index (χ0v) is 16.7. The van der Waals surface area contributed by atoms with E-state index >= 15 is 0 Å². The molecule has 154 valence electrons. The Morgan fingerprint density at radius 1 is 0.903 bits per heavy atom. The van der Waals surface area contributed by atoms with Crippen LogP contribution in [0.2, 0.25) is 0 Å². The maximum Gasteiger partial charge on any atom is 0.269 e. The number of nitro benzene ring substituents is 1. The van der Waals surface area contributed by atoms with Crippen LogP contribution in [0.3, 0.4) is 0 Å². The summed E-state index contributed by atoms with van der Waals surface area (Å²) in [4.78, 5) is 24.1. The third-order valence-electron chi connectivity index (χ3n) is 5.60. The normalized spacial score (nSPS) is 16.2. The van der Waals surface area contributed by atoms with Crippen molar-refractivity contribution in [2.75, 3.05) is 14.2 Å². The number of hydrogen-bond donors (Lipinski definition) is 0. The summed E-state index contributed by atoms with van der Waals surface area (Å²) in [6, 6.07) is 17.1. The van der Waals surface area contributed by atoms with Crippen LogP contribution in [0.1, 0.15) is 38.7 Å². The molecule has 1 heterocycles. The minimum Gasteiger partial charge on any atom is -0.493 e. The van der Waals surface area contributed by atoms with Gasteiger partial charge in [0.1, 0.15) is 11.9 Å². The number of methoxy groups -OCH3 is 2. The van der Waals surface area contributed by atoms with Gasteiger partial charge in [-0.2, -0.15) is 0 Å². The van der Waals surface area contributed by atoms with Crippen molar-refractivity contribution >= 4 is 22.8 Å². The number of carbonyl (C=O) groups is 1. The van der Waals surface area contributed by atoms with Crippen molar-refractivity contribution in [2.24, 2.45) is 0 Å². The number of benzene rings is 3. The molecule has 7 nitrogen and oxygen atoms in total. The van der Waals surface area contributed by atoms with Gasteiger partial charge >= 0.3 is 0 Å². The number of Topliss-reactive ketones (excluding diaryl/α,β-unsaturated/α-hetero) is 1. The molecule has 0 N–H and O–H groups in total. The number of carbonyl (C=O) groups excluding carboxylic acids is 1. The number of allylic oxidation sites excluding steroid dienone is 1. The fourth-order valence-electron chi connectivity index (χ4n) is 4.18. The van der Waals surface area contributed by atoms with Crippen LogP contribution in [0, 0.1) is 10.1 Å². The number of nitro groups is 1. The molecule has 2 aliphatic rings. The van der Waals surface area contributed by atoms with Crippen LogP contribution in [-0.2, 0) is 4.74 Å². The summed E-state index contributed by atoms with van der Waals surface area (Å²) >= 11 is 0. The summed E-state index contributed by atoms with van der Waals surface area (Å²) in [6.07, 6.45) is -0.660. The molecule has 1 aliphatic carbocycles. The van der Waals surface area contributed by atoms with Crippen LogP contribution in [0.25, 0.3) is 11.3 Å². The molecule has 3 aromatic rings. The molecular weight excluding hydrogens is 398 g/mol. The Labute approximate surface area is 177 Å². The minimum atomic E-state index is -0.660. The molecule has 0 fully saturated rings. The third kappa shape index (κ3) is 2.78. The van der Waals surface area contributed by atoms with Crippen LogP contribution in [0.5, 0.6) is 11.5 Å². The van der Waals surface area contributed by atoms with E-state index in [1.165, 1.54) is 26.4 Å². The maximum absolute atomic E-state index is 13.2. The Hall–Kier alpha value is -4.13. The molecule has 1 atom stereocenters. The molecular formula is C24H17NO6. The fraction of sp³-hybridized carbons (Fsp3) is 0.125. The van der Waals surface area contributed by atoms with Gasteiger partial charge < -0.3 is 14.2 Å². The second-order valence-electron chi connectivity index (χ2n) is 7.22. The maximum atomic E-state index is 13.2. The standard InChI is InChI=1S/C24H17NO6/c1-29-19-11-17-18(12-20(19)30-2)23(13-6-5-7-14(10-13)25(27)28)31-24-16-9-4-3-8-15(16)22(26)21(17)24/h3-12,23H,1-2H3. The first kappa shape index (κ1) is 18.9. The first-order chi connectivity index (χ1) is 15.0. The largest absolute Gasteiger partial charge is 0.493 e. The molecule has 0 amide bonds. The Morgan fingerprint density at radius 3 is 2.32 bits per heavy atom. The molecule has 0 bridgehead atoms. The highest BCUT2D eigenvalue weighted by atomic mass is 16.6. The number of non-ortho nitro benzene ring substituents is 1. The van der Waals surface area contributed by atoms with E-state index in [4.69, 9.17) is 14.2 Å². The predicted molar refractivity (Wildman–Crippen MR) is 113 cm³/mol. The Morgan fingerprint density at radius 2 is 1.61 bits per heavy atom. The summed E-state index contributed by atoms with van der Waals surface area (Å²) in [6.45, 7) is 0. The monoisotopic (exact) mass is 415 g/mol. The molecule has 31 heavy (non-hydrogen) atoms. The molecule has 0 saturated carbocycles. The summed E-state index contributed by atoms with van der Waals surface area (Å²) in [5.41, 5.74) is 3.64. The molecule has 1 aliphatic heterocycles. The zero-order chi connectivity index (χ0) is 21.7. The number of ether oxygens (including phenoxy) is 3. The van der Waals surface area contributed by atoms with Gasteiger partial charge in [-0.05, 0) is 12.1 Å². The van der Waals surface area contributed by atoms with Crippen molar-refractivity contribution in [3.63, 3.8) is 0 Å². The van der Waals surface area contributed by atoms with Crippen molar-refractivity contribution in [3.05, 3.63) is 98.6 Å². The highest BCUT2D eigenvalue weighted by molar-refractivity contribution is 6.39. The minimum absolute atomic E-state index is 0.0363. The lowest BCUT2D eigenvalue weighted by atomic mass is 9.88. The van der Waals surface area contributed by atoms with E-state index in [0.29, 0.717) is 50.6 Å². The average Bonchev–Trinajstić information content (AvgIpc) is 3.09. The van der Waals surface area contributed by atoms with Crippen molar-refractivity contribution in [1.29, 1.82) is 0 Å². The van der Waals surface area contributed by atoms with E-state index in [1.807, 2.05) is 18.2 Å². The Balaban J connectivity index is 1.77. The summed E-state index contributed by atoms with van der Waals surface area (Å²) in [5, 5.41) is 11.3. The van der Waals surface area contributed by atoms with Gasteiger partial charge in [0, 0.05) is 39.9 Å². The van der Waals surface area contributed by atoms with Crippen LogP contribution in [0.15, 0.2) is 60.7 Å². The second kappa shape index (κ2) is 6.98. The summed E-state index contributed by atoms with van der Waals surface area (Å²) in [7, 11) is 3.06. The van der Waals surface area contributed by atoms with Gasteiger partial charge in [-0.15, -0.1) is 0 Å². The van der Waals surface area contributed by atoms with E-state index in [1.54, 1.807) is 30.3 Å². The van der Waals surface area contributed by atoms with Crippen LogP contribution < -0.4 is 9.47 Å². The fourth-order valence-corrected chi connectivity index (χ4v) is 4.18. The first-order valence-corrected chi connectivity index (χ1v) is 9.59. The molecule has 0 spiro atoms. The number of hydrogen-bond acceptors (Lipinski definition) is 6. The molecule has 0 aromatic heterocycles. The number of fused-ring (bicyclic) bond motifs is 4. The van der Waals surface area contributed by atoms with E-state index in [9.17, 15) is 14.9 Å². The molecule has 3 aromatic carbocycles. The van der Waals surface area contributed by atoms with Gasteiger partial charge in [-0.3, -0.25) is 14.9 Å². The topological polar surface area (TPSA) is 87.9 Å². The zero-order valence-electron chi connectivity index (χ0n) is 16.7. The Bertz CT molecular complexity index is 1290. The highest BCUT2D eigenvalue weighted by Gasteiger charge is 2.40. The van der Waals surface area contributed by atoms with Crippen molar-refractivity contribution in [2.45, 2.75) is 6.10 Å². The van der Waals surface area contributed by atoms with Gasteiger partial charge in [-0.25, -0.2) is 0 Å². The lowest BCUT2D eigenvalue weighted by Gasteiger charge is -2.29. The van der Waals surface area contributed by atoms with Crippen molar-refractivity contribution < 1.29 is 23.9 Å².